The predicted molar refractivity (Wildman–Crippen MR) is 105 cm³/mol. The minimum absolute atomic E-state index is 0.0500. The van der Waals surface area contributed by atoms with Crippen LogP contribution in [0.1, 0.15) is 31.1 Å². The second-order valence-electron chi connectivity index (χ2n) is 5.80. The van der Waals surface area contributed by atoms with Crippen LogP contribution < -0.4 is 16.2 Å². The van der Waals surface area contributed by atoms with Crippen LogP contribution in [0.4, 0.5) is 11.4 Å². The van der Waals surface area contributed by atoms with Gasteiger partial charge < -0.3 is 10.4 Å². The molecule has 3 aromatic rings. The van der Waals surface area contributed by atoms with E-state index >= 15 is 0 Å². The fraction of sp³-hybridized carbons (Fsp3) is 0. The first-order valence-corrected chi connectivity index (χ1v) is 8.40. The summed E-state index contributed by atoms with van der Waals surface area (Å²) in [5, 5.41) is 12.3. The van der Waals surface area contributed by atoms with Crippen molar-refractivity contribution in [2.24, 2.45) is 0 Å². The van der Waals surface area contributed by atoms with E-state index in [0.29, 0.717) is 11.3 Å². The monoisotopic (exact) mass is 375 g/mol. The molecule has 28 heavy (non-hydrogen) atoms. The lowest BCUT2D eigenvalue weighted by atomic mass is 10.1. The molecule has 0 aliphatic rings. The van der Waals surface area contributed by atoms with Gasteiger partial charge in [0.05, 0.1) is 22.4 Å². The molecule has 0 aliphatic carbocycles. The van der Waals surface area contributed by atoms with E-state index in [-0.39, 0.29) is 11.1 Å². The molecule has 3 rings (SSSR count). The number of carboxylic acids is 1. The molecule has 7 heteroatoms. The molecule has 0 atom stereocenters. The van der Waals surface area contributed by atoms with E-state index in [1.807, 2.05) is 30.3 Å². The number of carbonyl (C=O) groups excluding carboxylic acids is 2. The standard InChI is InChI=1S/C21H17N3O4/c25-19(15-10-4-5-11-16(15)21(27)28)23-24-20(26)17-12-6-7-13-18(17)22-14-8-2-1-3-9-14/h1-13,22H,(H,23,25)(H,24,26)(H,27,28). The van der Waals surface area contributed by atoms with Crippen molar-refractivity contribution in [3.05, 3.63) is 95.6 Å². The van der Waals surface area contributed by atoms with Crippen LogP contribution in [0.3, 0.4) is 0 Å². The first-order chi connectivity index (χ1) is 13.6. The Bertz CT molecular complexity index is 1020. The normalized spacial score (nSPS) is 10.0. The number of hydrazine groups is 1. The lowest BCUT2D eigenvalue weighted by Crippen LogP contribution is -2.42. The maximum Gasteiger partial charge on any atom is 0.336 e. The number of hydrogen-bond acceptors (Lipinski definition) is 4. The van der Waals surface area contributed by atoms with Crippen LogP contribution >= 0.6 is 0 Å². The molecule has 0 saturated heterocycles. The van der Waals surface area contributed by atoms with E-state index < -0.39 is 17.8 Å². The van der Waals surface area contributed by atoms with Gasteiger partial charge in [-0.1, -0.05) is 42.5 Å². The van der Waals surface area contributed by atoms with Gasteiger partial charge in [0.25, 0.3) is 11.8 Å². The molecule has 140 valence electrons. The predicted octanol–water partition coefficient (Wildman–Crippen LogP) is 3.20. The zero-order chi connectivity index (χ0) is 19.9. The van der Waals surface area contributed by atoms with Crippen LogP contribution in [-0.4, -0.2) is 22.9 Å². The van der Waals surface area contributed by atoms with Crippen molar-refractivity contribution in [2.45, 2.75) is 0 Å². The van der Waals surface area contributed by atoms with Crippen LogP contribution in [0.5, 0.6) is 0 Å². The number of hydrogen-bond donors (Lipinski definition) is 4. The smallest absolute Gasteiger partial charge is 0.336 e. The Morgan fingerprint density at radius 3 is 1.75 bits per heavy atom. The summed E-state index contributed by atoms with van der Waals surface area (Å²) in [5.74, 6) is -2.49. The molecule has 0 radical (unpaired) electrons. The first kappa shape index (κ1) is 18.7. The lowest BCUT2D eigenvalue weighted by molar-refractivity contribution is 0.0690. The molecule has 0 bridgehead atoms. The van der Waals surface area contributed by atoms with Gasteiger partial charge in [-0.25, -0.2) is 4.79 Å². The van der Waals surface area contributed by atoms with Crippen molar-refractivity contribution >= 4 is 29.2 Å². The number of nitrogens with one attached hydrogen (secondary N) is 3. The SMILES string of the molecule is O=C(NNC(=O)c1ccccc1C(=O)O)c1ccccc1Nc1ccccc1. The van der Waals surface area contributed by atoms with Crippen LogP contribution in [0.25, 0.3) is 0 Å². The third-order valence-corrected chi connectivity index (χ3v) is 3.92. The summed E-state index contributed by atoms with van der Waals surface area (Å²) in [6.07, 6.45) is 0. The highest BCUT2D eigenvalue weighted by Gasteiger charge is 2.17. The highest BCUT2D eigenvalue weighted by Crippen LogP contribution is 2.20. The average molecular weight is 375 g/mol. The second kappa shape index (κ2) is 8.50. The molecule has 0 saturated carbocycles. The molecule has 7 nitrogen and oxygen atoms in total. The Balaban J connectivity index is 1.72. The molecule has 2 amide bonds. The van der Waals surface area contributed by atoms with E-state index in [4.69, 9.17) is 0 Å². The molecular weight excluding hydrogens is 358 g/mol. The van der Waals surface area contributed by atoms with Gasteiger partial charge in [0.15, 0.2) is 0 Å². The minimum Gasteiger partial charge on any atom is -0.478 e. The van der Waals surface area contributed by atoms with Crippen LogP contribution in [-0.2, 0) is 0 Å². The summed E-state index contributed by atoms with van der Waals surface area (Å²) in [4.78, 5) is 36.0. The van der Waals surface area contributed by atoms with Gasteiger partial charge in [0, 0.05) is 5.69 Å². The molecule has 0 unspecified atom stereocenters. The summed E-state index contributed by atoms with van der Waals surface area (Å²) in [5.41, 5.74) is 6.06. The van der Waals surface area contributed by atoms with E-state index in [1.165, 1.54) is 18.2 Å². The summed E-state index contributed by atoms with van der Waals surface area (Å²) in [6.45, 7) is 0. The Morgan fingerprint density at radius 1 is 0.607 bits per heavy atom. The second-order valence-corrected chi connectivity index (χ2v) is 5.80. The summed E-state index contributed by atoms with van der Waals surface area (Å²) >= 11 is 0. The number of amides is 2. The molecule has 4 N–H and O–H groups in total. The van der Waals surface area contributed by atoms with Crippen LogP contribution in [0.2, 0.25) is 0 Å². The Hall–Kier alpha value is -4.13. The van der Waals surface area contributed by atoms with E-state index in [0.717, 1.165) is 5.69 Å². The fourth-order valence-corrected chi connectivity index (χ4v) is 2.58. The highest BCUT2D eigenvalue weighted by atomic mass is 16.4. The molecule has 0 fully saturated rings. The van der Waals surface area contributed by atoms with Crippen molar-refractivity contribution in [1.82, 2.24) is 10.9 Å². The number of benzene rings is 3. The topological polar surface area (TPSA) is 108 Å². The molecule has 3 aromatic carbocycles. The van der Waals surface area contributed by atoms with Gasteiger partial charge in [0.1, 0.15) is 0 Å². The van der Waals surface area contributed by atoms with Gasteiger partial charge in [-0.05, 0) is 36.4 Å². The number of carboxylic acid groups (broad SMARTS) is 1. The van der Waals surface area contributed by atoms with Crippen molar-refractivity contribution in [1.29, 1.82) is 0 Å². The van der Waals surface area contributed by atoms with Crippen molar-refractivity contribution in [3.63, 3.8) is 0 Å². The summed E-state index contributed by atoms with van der Waals surface area (Å²) in [7, 11) is 0. The van der Waals surface area contributed by atoms with Crippen molar-refractivity contribution in [2.75, 3.05) is 5.32 Å². The molecule has 0 spiro atoms. The third-order valence-electron chi connectivity index (χ3n) is 3.92. The molecular formula is C21H17N3O4. The number of rotatable bonds is 5. The number of para-hydroxylation sites is 2. The van der Waals surface area contributed by atoms with Gasteiger partial charge in [-0.15, -0.1) is 0 Å². The molecule has 0 aromatic heterocycles. The van der Waals surface area contributed by atoms with E-state index in [1.54, 1.807) is 30.3 Å². The van der Waals surface area contributed by atoms with Gasteiger partial charge in [-0.3, -0.25) is 20.4 Å². The van der Waals surface area contributed by atoms with Crippen molar-refractivity contribution in [3.8, 4) is 0 Å². The fourth-order valence-electron chi connectivity index (χ4n) is 2.58. The molecule has 0 aliphatic heterocycles. The summed E-state index contributed by atoms with van der Waals surface area (Å²) in [6, 6.07) is 21.9. The van der Waals surface area contributed by atoms with Gasteiger partial charge in [0.2, 0.25) is 0 Å². The van der Waals surface area contributed by atoms with Crippen LogP contribution in [0.15, 0.2) is 78.9 Å². The quantitative estimate of drug-likeness (QED) is 0.512. The zero-order valence-corrected chi connectivity index (χ0v) is 14.7. The lowest BCUT2D eigenvalue weighted by Gasteiger charge is -2.13. The maximum absolute atomic E-state index is 12.5. The minimum atomic E-state index is -1.23. The highest BCUT2D eigenvalue weighted by molar-refractivity contribution is 6.06. The van der Waals surface area contributed by atoms with Gasteiger partial charge in [-0.2, -0.15) is 0 Å². The van der Waals surface area contributed by atoms with E-state index in [2.05, 4.69) is 16.2 Å². The largest absolute Gasteiger partial charge is 0.478 e. The zero-order valence-electron chi connectivity index (χ0n) is 14.7. The number of aromatic carboxylic acids is 1. The van der Waals surface area contributed by atoms with Crippen molar-refractivity contribution < 1.29 is 19.5 Å². The third kappa shape index (κ3) is 4.34. The van der Waals surface area contributed by atoms with Gasteiger partial charge >= 0.3 is 5.97 Å². The average Bonchev–Trinajstić information content (AvgIpc) is 2.73. The summed E-state index contributed by atoms with van der Waals surface area (Å²) < 4.78 is 0. The number of anilines is 2. The Kier molecular flexibility index (Phi) is 5.66. The van der Waals surface area contributed by atoms with E-state index in [9.17, 15) is 19.5 Å². The Morgan fingerprint density at radius 2 is 1.11 bits per heavy atom. The first-order valence-electron chi connectivity index (χ1n) is 8.40. The Labute approximate surface area is 161 Å². The number of carbonyl (C=O) groups is 3. The molecule has 0 heterocycles. The van der Waals surface area contributed by atoms with Crippen LogP contribution in [0, 0.1) is 0 Å². The maximum atomic E-state index is 12.5.